The van der Waals surface area contributed by atoms with Crippen LogP contribution in [0.15, 0.2) is 48.5 Å². The monoisotopic (exact) mass is 451 g/mol. The molecule has 0 saturated carbocycles. The van der Waals surface area contributed by atoms with Gasteiger partial charge < -0.3 is 14.7 Å². The largest absolute Gasteiger partial charge is 0.455 e. The zero-order valence-electron chi connectivity index (χ0n) is 20.6. The number of carbonyl (C=O) groups excluding carboxylic acids is 1. The number of nitrogens with zero attached hydrogens (tertiary/aromatic N) is 1. The van der Waals surface area contributed by atoms with E-state index in [1.807, 2.05) is 104 Å². The molecule has 2 rings (SSSR count). The van der Waals surface area contributed by atoms with Crippen LogP contribution in [0.3, 0.4) is 0 Å². The second-order valence-corrected chi connectivity index (χ2v) is 6.36. The van der Waals surface area contributed by atoms with Gasteiger partial charge in [-0.15, -0.1) is 11.6 Å². The lowest BCUT2D eigenvalue weighted by atomic mass is 10.1. The zero-order valence-corrected chi connectivity index (χ0v) is 21.4. The van der Waals surface area contributed by atoms with Crippen LogP contribution in [0.25, 0.3) is 0 Å². The van der Waals surface area contributed by atoms with Crippen molar-refractivity contribution in [1.29, 1.82) is 0 Å². The summed E-state index contributed by atoms with van der Waals surface area (Å²) in [7, 11) is 0. The number of benzene rings is 2. The van der Waals surface area contributed by atoms with E-state index in [2.05, 4.69) is 0 Å². The third kappa shape index (κ3) is 11.2. The maximum absolute atomic E-state index is 12.4. The summed E-state index contributed by atoms with van der Waals surface area (Å²) in [5, 5.41) is 9.14. The lowest BCUT2D eigenvalue weighted by molar-refractivity contribution is -0.116. The molecule has 0 unspecified atom stereocenters. The fraction of sp³-hybridized carbons (Fsp3) is 0.500. The number of carbonyl (C=O) groups is 1. The number of ether oxygens (including phenoxy) is 1. The molecule has 176 valence electrons. The highest BCUT2D eigenvalue weighted by atomic mass is 35.5. The highest BCUT2D eigenvalue weighted by molar-refractivity contribution is 6.29. The number of rotatable bonds is 8. The first kappa shape index (κ1) is 31.1. The van der Waals surface area contributed by atoms with Gasteiger partial charge >= 0.3 is 0 Å². The fourth-order valence-electron chi connectivity index (χ4n) is 2.59. The Balaban J connectivity index is 0. The molecule has 0 aliphatic carbocycles. The minimum atomic E-state index is -0.188. The molecular formula is C26H42ClNO3. The minimum absolute atomic E-state index is 0.0887. The van der Waals surface area contributed by atoms with E-state index in [9.17, 15) is 4.79 Å². The first-order chi connectivity index (χ1) is 15.1. The van der Waals surface area contributed by atoms with Gasteiger partial charge in [-0.3, -0.25) is 4.79 Å². The molecule has 0 radical (unpaired) electrons. The van der Waals surface area contributed by atoms with Crippen LogP contribution in [0.1, 0.15) is 60.5 Å². The van der Waals surface area contributed by atoms with Gasteiger partial charge in [-0.1, -0.05) is 78.8 Å². The molecule has 0 fully saturated rings. The Bertz CT molecular complexity index is 707. The first-order valence-electron chi connectivity index (χ1n) is 11.4. The van der Waals surface area contributed by atoms with Crippen LogP contribution in [0.2, 0.25) is 0 Å². The molecule has 4 nitrogen and oxygen atoms in total. The molecule has 5 heteroatoms. The maximum atomic E-state index is 12.4. The van der Waals surface area contributed by atoms with Gasteiger partial charge in [-0.25, -0.2) is 0 Å². The van der Waals surface area contributed by atoms with Crippen molar-refractivity contribution in [2.24, 2.45) is 5.92 Å². The van der Waals surface area contributed by atoms with Crippen molar-refractivity contribution < 1.29 is 14.6 Å². The van der Waals surface area contributed by atoms with Crippen LogP contribution >= 0.6 is 11.6 Å². The molecule has 2 aromatic carbocycles. The average Bonchev–Trinajstić information content (AvgIpc) is 2.83. The Morgan fingerprint density at radius 1 is 0.968 bits per heavy atom. The summed E-state index contributed by atoms with van der Waals surface area (Å²) in [5.74, 6) is 1.20. The third-order valence-corrected chi connectivity index (χ3v) is 4.23. The summed E-state index contributed by atoms with van der Waals surface area (Å²) in [5.41, 5.74) is 1.70. The number of halogens is 1. The number of anilines is 1. The van der Waals surface area contributed by atoms with E-state index in [-0.39, 0.29) is 24.3 Å². The molecule has 0 bridgehead atoms. The van der Waals surface area contributed by atoms with Crippen molar-refractivity contribution in [2.45, 2.75) is 61.8 Å². The normalized spacial score (nSPS) is 10.1. The SMILES string of the molecule is CC.CC.CC.Cc1ccccc1Oc1ccccc1N(C[C@@H](C)CCO)C(=O)CCl. The summed E-state index contributed by atoms with van der Waals surface area (Å²) in [4.78, 5) is 14.0. The van der Waals surface area contributed by atoms with Crippen LogP contribution in [-0.2, 0) is 4.79 Å². The number of alkyl halides is 1. The van der Waals surface area contributed by atoms with E-state index in [0.29, 0.717) is 24.4 Å². The topological polar surface area (TPSA) is 49.8 Å². The molecular weight excluding hydrogens is 410 g/mol. The number of hydrogen-bond donors (Lipinski definition) is 1. The van der Waals surface area contributed by atoms with Gasteiger partial charge in [-0.05, 0) is 43.0 Å². The van der Waals surface area contributed by atoms with E-state index in [1.165, 1.54) is 0 Å². The van der Waals surface area contributed by atoms with Crippen LogP contribution in [0.4, 0.5) is 5.69 Å². The van der Waals surface area contributed by atoms with Crippen molar-refractivity contribution in [3.05, 3.63) is 54.1 Å². The quantitative estimate of drug-likeness (QED) is 0.423. The second kappa shape index (κ2) is 19.9. The molecule has 1 atom stereocenters. The van der Waals surface area contributed by atoms with Crippen molar-refractivity contribution in [2.75, 3.05) is 23.9 Å². The Kier molecular flexibility index (Phi) is 20.0. The van der Waals surface area contributed by atoms with Gasteiger partial charge in [0.2, 0.25) is 5.91 Å². The average molecular weight is 452 g/mol. The highest BCUT2D eigenvalue weighted by Gasteiger charge is 2.21. The molecule has 0 heterocycles. The summed E-state index contributed by atoms with van der Waals surface area (Å²) in [6, 6.07) is 15.2. The molecule has 1 N–H and O–H groups in total. The van der Waals surface area contributed by atoms with Crippen molar-refractivity contribution >= 4 is 23.2 Å². The number of hydrogen-bond acceptors (Lipinski definition) is 3. The molecule has 0 spiro atoms. The molecule has 1 amide bonds. The first-order valence-corrected chi connectivity index (χ1v) is 11.9. The van der Waals surface area contributed by atoms with Crippen LogP contribution in [-0.4, -0.2) is 30.0 Å². The lowest BCUT2D eigenvalue weighted by Crippen LogP contribution is -2.36. The Morgan fingerprint density at radius 2 is 1.48 bits per heavy atom. The molecule has 0 saturated heterocycles. The smallest absolute Gasteiger partial charge is 0.242 e. The molecule has 31 heavy (non-hydrogen) atoms. The Morgan fingerprint density at radius 3 is 2.00 bits per heavy atom. The van der Waals surface area contributed by atoms with Crippen molar-refractivity contribution in [3.8, 4) is 11.5 Å². The standard InChI is InChI=1S/C20H24ClNO3.3C2H6/c1-15(11-12-23)14-22(20(24)13-21)17-8-4-6-10-19(17)25-18-9-5-3-7-16(18)2;3*1-2/h3-10,15,23H,11-14H2,1-2H3;3*1-2H3/t15-;;;/m0.../s1. The Hall–Kier alpha value is -2.04. The van der Waals surface area contributed by atoms with E-state index < -0.39 is 0 Å². The molecule has 0 aromatic heterocycles. The number of para-hydroxylation sites is 3. The predicted octanol–water partition coefficient (Wildman–Crippen LogP) is 7.46. The van der Waals surface area contributed by atoms with Gasteiger partial charge in [-0.2, -0.15) is 0 Å². The number of aryl methyl sites for hydroxylation is 1. The third-order valence-electron chi connectivity index (χ3n) is 4.00. The van der Waals surface area contributed by atoms with Gasteiger partial charge in [0.25, 0.3) is 0 Å². The van der Waals surface area contributed by atoms with Crippen molar-refractivity contribution in [1.82, 2.24) is 0 Å². The number of aliphatic hydroxyl groups is 1. The summed E-state index contributed by atoms with van der Waals surface area (Å²) in [6.07, 6.45) is 0.618. The van der Waals surface area contributed by atoms with Crippen LogP contribution in [0, 0.1) is 12.8 Å². The summed E-state index contributed by atoms with van der Waals surface area (Å²) in [6.45, 7) is 16.5. The highest BCUT2D eigenvalue weighted by Crippen LogP contribution is 2.34. The maximum Gasteiger partial charge on any atom is 0.242 e. The zero-order chi connectivity index (χ0) is 24.2. The van der Waals surface area contributed by atoms with Crippen LogP contribution < -0.4 is 9.64 Å². The van der Waals surface area contributed by atoms with Gasteiger partial charge in [0, 0.05) is 13.2 Å². The van der Waals surface area contributed by atoms with Gasteiger partial charge in [0.15, 0.2) is 5.75 Å². The van der Waals surface area contributed by atoms with E-state index in [0.717, 1.165) is 11.3 Å². The van der Waals surface area contributed by atoms with E-state index >= 15 is 0 Å². The number of aliphatic hydroxyl groups excluding tert-OH is 1. The second-order valence-electron chi connectivity index (χ2n) is 6.09. The van der Waals surface area contributed by atoms with Gasteiger partial charge in [0.1, 0.15) is 11.6 Å². The van der Waals surface area contributed by atoms with Crippen LogP contribution in [0.5, 0.6) is 11.5 Å². The van der Waals surface area contributed by atoms with Gasteiger partial charge in [0.05, 0.1) is 5.69 Å². The predicted molar refractivity (Wildman–Crippen MR) is 136 cm³/mol. The lowest BCUT2D eigenvalue weighted by Gasteiger charge is -2.27. The number of amides is 1. The Labute approximate surface area is 195 Å². The minimum Gasteiger partial charge on any atom is -0.455 e. The summed E-state index contributed by atoms with van der Waals surface area (Å²) >= 11 is 5.81. The fourth-order valence-corrected chi connectivity index (χ4v) is 2.73. The molecule has 0 aliphatic rings. The molecule has 2 aromatic rings. The molecule has 0 aliphatic heterocycles. The van der Waals surface area contributed by atoms with E-state index in [4.69, 9.17) is 21.4 Å². The van der Waals surface area contributed by atoms with E-state index in [1.54, 1.807) is 4.90 Å². The summed E-state index contributed by atoms with van der Waals surface area (Å²) < 4.78 is 6.07. The van der Waals surface area contributed by atoms with Crippen molar-refractivity contribution in [3.63, 3.8) is 0 Å².